The third-order valence-electron chi connectivity index (χ3n) is 3.33. The fourth-order valence-electron chi connectivity index (χ4n) is 2.28. The largest absolute Gasteiger partial charge is 0.273 e. The molecule has 0 aliphatic rings. The number of carbonyl (C=O) groups is 2. The smallest absolute Gasteiger partial charge is 0.250 e. The molecule has 0 aliphatic heterocycles. The minimum Gasteiger partial charge on any atom is -0.273 e. The summed E-state index contributed by atoms with van der Waals surface area (Å²) in [5, 5.41) is 0. The van der Waals surface area contributed by atoms with E-state index in [4.69, 9.17) is 0 Å². The fraction of sp³-hybridized carbons (Fsp3) is 0.222. The number of rotatable bonds is 5. The molecule has 0 fully saturated rings. The highest BCUT2D eigenvalue weighted by molar-refractivity contribution is 5.89. The van der Waals surface area contributed by atoms with Crippen molar-refractivity contribution in [2.45, 2.75) is 25.7 Å². The molecule has 0 spiro atoms. The molecule has 2 rings (SSSR count). The van der Waals surface area contributed by atoms with Crippen LogP contribution in [0.4, 0.5) is 0 Å². The van der Waals surface area contributed by atoms with Gasteiger partial charge in [-0.3, -0.25) is 20.4 Å². The molecule has 22 heavy (non-hydrogen) atoms. The van der Waals surface area contributed by atoms with Crippen LogP contribution in [0, 0.1) is 0 Å². The van der Waals surface area contributed by atoms with Crippen molar-refractivity contribution in [1.82, 2.24) is 10.9 Å². The van der Waals surface area contributed by atoms with E-state index in [-0.39, 0.29) is 11.8 Å². The molecule has 2 aromatic rings. The van der Waals surface area contributed by atoms with E-state index in [2.05, 4.69) is 10.9 Å². The van der Waals surface area contributed by atoms with Crippen LogP contribution in [0.5, 0.6) is 0 Å². The molecule has 0 atom stereocenters. The van der Waals surface area contributed by atoms with Crippen LogP contribution < -0.4 is 10.9 Å². The number of hydrazine groups is 1. The zero-order valence-corrected chi connectivity index (χ0v) is 12.6. The van der Waals surface area contributed by atoms with Crippen LogP contribution in [0.3, 0.4) is 0 Å². The number of carbonyl (C=O) groups excluding carboxylic acids is 2. The Hall–Kier alpha value is -2.62. The number of hydrogen-bond donors (Lipinski definition) is 2. The van der Waals surface area contributed by atoms with Crippen molar-refractivity contribution in [3.8, 4) is 0 Å². The molecule has 4 heteroatoms. The van der Waals surface area contributed by atoms with Gasteiger partial charge in [-0.1, -0.05) is 67.6 Å². The molecule has 0 heterocycles. The number of hydrogen-bond acceptors (Lipinski definition) is 2. The summed E-state index contributed by atoms with van der Waals surface area (Å²) in [5.74, 6) is -0.887. The summed E-state index contributed by atoms with van der Waals surface area (Å²) in [6, 6.07) is 19.0. The second kappa shape index (κ2) is 7.98. The van der Waals surface area contributed by atoms with Gasteiger partial charge in [0.05, 0.1) is 5.92 Å². The molecule has 0 bridgehead atoms. The van der Waals surface area contributed by atoms with Crippen molar-refractivity contribution in [1.29, 1.82) is 0 Å². The first-order valence-electron chi connectivity index (χ1n) is 7.41. The van der Waals surface area contributed by atoms with Crippen molar-refractivity contribution in [2.24, 2.45) is 0 Å². The molecule has 4 nitrogen and oxygen atoms in total. The SMILES string of the molecule is CCCC(=O)NNC(=O)C(c1ccccc1)c1ccccc1. The van der Waals surface area contributed by atoms with Crippen molar-refractivity contribution >= 4 is 11.8 Å². The summed E-state index contributed by atoms with van der Waals surface area (Å²) in [5.41, 5.74) is 6.76. The van der Waals surface area contributed by atoms with Gasteiger partial charge in [-0.2, -0.15) is 0 Å². The van der Waals surface area contributed by atoms with Crippen LogP contribution in [0.1, 0.15) is 36.8 Å². The standard InChI is InChI=1S/C18H20N2O2/c1-2-9-16(21)19-20-18(22)17(14-10-5-3-6-11-14)15-12-7-4-8-13-15/h3-8,10-13,17H,2,9H2,1H3,(H,19,21)(H,20,22). The maximum Gasteiger partial charge on any atom is 0.250 e. The second-order valence-electron chi connectivity index (χ2n) is 5.04. The third-order valence-corrected chi connectivity index (χ3v) is 3.33. The fourth-order valence-corrected chi connectivity index (χ4v) is 2.28. The van der Waals surface area contributed by atoms with Gasteiger partial charge in [-0.05, 0) is 17.5 Å². The minimum absolute atomic E-state index is 0.185. The van der Waals surface area contributed by atoms with Crippen LogP contribution in [-0.2, 0) is 9.59 Å². The molecule has 114 valence electrons. The Labute approximate surface area is 130 Å². The highest BCUT2D eigenvalue weighted by atomic mass is 16.2. The Bertz CT molecular complexity index is 572. The van der Waals surface area contributed by atoms with E-state index in [0.29, 0.717) is 6.42 Å². The molecule has 2 amide bonds. The number of benzene rings is 2. The zero-order valence-electron chi connectivity index (χ0n) is 12.6. The van der Waals surface area contributed by atoms with Crippen molar-refractivity contribution in [2.75, 3.05) is 0 Å². The van der Waals surface area contributed by atoms with Crippen molar-refractivity contribution < 1.29 is 9.59 Å². The van der Waals surface area contributed by atoms with E-state index in [1.54, 1.807) is 0 Å². The number of nitrogens with one attached hydrogen (secondary N) is 2. The van der Waals surface area contributed by atoms with E-state index in [1.807, 2.05) is 67.6 Å². The lowest BCUT2D eigenvalue weighted by Gasteiger charge is -2.18. The minimum atomic E-state index is -0.454. The quantitative estimate of drug-likeness (QED) is 0.834. The summed E-state index contributed by atoms with van der Waals surface area (Å²) >= 11 is 0. The van der Waals surface area contributed by atoms with Gasteiger partial charge in [0.1, 0.15) is 0 Å². The van der Waals surface area contributed by atoms with Gasteiger partial charge in [0, 0.05) is 6.42 Å². The normalized spacial score (nSPS) is 10.3. The van der Waals surface area contributed by atoms with E-state index < -0.39 is 5.92 Å². The van der Waals surface area contributed by atoms with Gasteiger partial charge < -0.3 is 0 Å². The maximum atomic E-state index is 12.5. The summed E-state index contributed by atoms with van der Waals surface area (Å²) in [6.07, 6.45) is 1.13. The van der Waals surface area contributed by atoms with E-state index in [9.17, 15) is 9.59 Å². The average Bonchev–Trinajstić information content (AvgIpc) is 2.55. The van der Waals surface area contributed by atoms with Crippen LogP contribution >= 0.6 is 0 Å². The Kier molecular flexibility index (Phi) is 5.72. The highest BCUT2D eigenvalue weighted by Crippen LogP contribution is 2.24. The van der Waals surface area contributed by atoms with E-state index in [1.165, 1.54) is 0 Å². The molecular weight excluding hydrogens is 276 g/mol. The molecule has 0 aromatic heterocycles. The Morgan fingerprint density at radius 1 is 0.864 bits per heavy atom. The molecular formula is C18H20N2O2. The number of amides is 2. The van der Waals surface area contributed by atoms with Gasteiger partial charge >= 0.3 is 0 Å². The lowest BCUT2D eigenvalue weighted by Crippen LogP contribution is -2.44. The maximum absolute atomic E-state index is 12.5. The average molecular weight is 296 g/mol. The lowest BCUT2D eigenvalue weighted by molar-refractivity contribution is -0.129. The Morgan fingerprint density at radius 2 is 1.36 bits per heavy atom. The van der Waals surface area contributed by atoms with Gasteiger partial charge in [0.15, 0.2) is 0 Å². The summed E-state index contributed by atoms with van der Waals surface area (Å²) in [7, 11) is 0. The molecule has 0 saturated heterocycles. The molecule has 0 radical (unpaired) electrons. The molecule has 0 saturated carbocycles. The predicted octanol–water partition coefficient (Wildman–Crippen LogP) is 2.77. The van der Waals surface area contributed by atoms with Gasteiger partial charge in [0.25, 0.3) is 0 Å². The van der Waals surface area contributed by atoms with Crippen molar-refractivity contribution in [3.63, 3.8) is 0 Å². The van der Waals surface area contributed by atoms with E-state index >= 15 is 0 Å². The first-order valence-corrected chi connectivity index (χ1v) is 7.41. The van der Waals surface area contributed by atoms with Gasteiger partial charge in [-0.25, -0.2) is 0 Å². The third kappa shape index (κ3) is 4.19. The molecule has 0 unspecified atom stereocenters. The summed E-state index contributed by atoms with van der Waals surface area (Å²) < 4.78 is 0. The molecule has 2 aromatic carbocycles. The van der Waals surface area contributed by atoms with Crippen LogP contribution in [0.2, 0.25) is 0 Å². The van der Waals surface area contributed by atoms with E-state index in [0.717, 1.165) is 17.5 Å². The second-order valence-corrected chi connectivity index (χ2v) is 5.04. The monoisotopic (exact) mass is 296 g/mol. The Morgan fingerprint density at radius 3 is 1.82 bits per heavy atom. The highest BCUT2D eigenvalue weighted by Gasteiger charge is 2.22. The Balaban J connectivity index is 2.18. The first-order chi connectivity index (χ1) is 10.7. The van der Waals surface area contributed by atoms with Crippen molar-refractivity contribution in [3.05, 3.63) is 71.8 Å². The lowest BCUT2D eigenvalue weighted by atomic mass is 9.91. The van der Waals surface area contributed by atoms with Crippen LogP contribution in [-0.4, -0.2) is 11.8 Å². The van der Waals surface area contributed by atoms with Gasteiger partial charge in [-0.15, -0.1) is 0 Å². The summed E-state index contributed by atoms with van der Waals surface area (Å²) in [4.78, 5) is 24.0. The molecule has 0 aliphatic carbocycles. The summed E-state index contributed by atoms with van der Waals surface area (Å²) in [6.45, 7) is 1.91. The van der Waals surface area contributed by atoms with Crippen LogP contribution in [0.15, 0.2) is 60.7 Å². The van der Waals surface area contributed by atoms with Gasteiger partial charge in [0.2, 0.25) is 11.8 Å². The topological polar surface area (TPSA) is 58.2 Å². The zero-order chi connectivity index (χ0) is 15.8. The first kappa shape index (κ1) is 15.8. The molecule has 2 N–H and O–H groups in total. The predicted molar refractivity (Wildman–Crippen MR) is 85.9 cm³/mol. The van der Waals surface area contributed by atoms with Crippen LogP contribution in [0.25, 0.3) is 0 Å².